The van der Waals surface area contributed by atoms with E-state index < -0.39 is 82.8 Å². The Bertz CT molecular complexity index is 2350. The lowest BCUT2D eigenvalue weighted by Crippen LogP contribution is -2.54. The van der Waals surface area contributed by atoms with Gasteiger partial charge >= 0.3 is 12.2 Å². The standard InChI is InChI=1S/C44H55F4N7O6/c1-9-32(51-40(58)60-42(3,4)5)38(56)53-20-27(48)15-29(53)22-55-35-13-11-25(46)17-34(35)50-37(55)36-31(30-12-10-24(45)16-33(30)49-36)18-28-14-26(47)21-54(28)39(57)44(19-23(44)2)52-41(59)61-43(6,7)8/h10-13,16-17,23,26-29,32,49H,9,14-15,18-22H2,1-8H3,(H,51,58)(H,52,59)/t23?,26-,27-,28-,29-,32-,44?/m0/s1. The zero-order valence-electron chi connectivity index (χ0n) is 35.8. The highest BCUT2D eigenvalue weighted by atomic mass is 19.1. The molecule has 0 bridgehead atoms. The van der Waals surface area contributed by atoms with Gasteiger partial charge in [0.1, 0.15) is 46.8 Å². The fourth-order valence-corrected chi connectivity index (χ4v) is 8.84. The Labute approximate surface area is 351 Å². The maximum Gasteiger partial charge on any atom is 0.408 e. The summed E-state index contributed by atoms with van der Waals surface area (Å²) in [5, 5.41) is 5.98. The number of halogens is 4. The van der Waals surface area contributed by atoms with Gasteiger partial charge in [-0.25, -0.2) is 32.1 Å². The van der Waals surface area contributed by atoms with Gasteiger partial charge in [0.15, 0.2) is 5.82 Å². The first-order valence-corrected chi connectivity index (χ1v) is 20.9. The number of hydrogen-bond donors (Lipinski definition) is 3. The average molecular weight is 854 g/mol. The minimum Gasteiger partial charge on any atom is -0.444 e. The number of rotatable bonds is 10. The lowest BCUT2D eigenvalue weighted by atomic mass is 9.99. The molecule has 17 heteroatoms. The number of nitrogens with one attached hydrogen (secondary N) is 3. The quantitative estimate of drug-likeness (QED) is 0.140. The molecule has 7 atom stereocenters. The predicted molar refractivity (Wildman–Crippen MR) is 220 cm³/mol. The largest absolute Gasteiger partial charge is 0.444 e. The third-order valence-corrected chi connectivity index (χ3v) is 11.7. The molecule has 3 fully saturated rings. The first kappa shape index (κ1) is 43.7. The molecule has 0 radical (unpaired) electrons. The number of alkyl carbamates (subject to hydrolysis) is 2. The maximum atomic E-state index is 15.5. The number of carbonyl (C=O) groups excluding carboxylic acids is 4. The van der Waals surface area contributed by atoms with Crippen LogP contribution in [-0.2, 0) is 32.0 Å². The summed E-state index contributed by atoms with van der Waals surface area (Å²) in [6.45, 7) is 13.4. The van der Waals surface area contributed by atoms with Gasteiger partial charge in [-0.1, -0.05) is 13.8 Å². The molecular formula is C44H55F4N7O6. The van der Waals surface area contributed by atoms with E-state index in [0.29, 0.717) is 34.1 Å². The van der Waals surface area contributed by atoms with E-state index in [0.717, 1.165) is 0 Å². The Morgan fingerprint density at radius 3 is 2.15 bits per heavy atom. The van der Waals surface area contributed by atoms with Crippen LogP contribution in [0.2, 0.25) is 0 Å². The summed E-state index contributed by atoms with van der Waals surface area (Å²) < 4.78 is 73.1. The second-order valence-electron chi connectivity index (χ2n) is 18.8. The van der Waals surface area contributed by atoms with Crippen molar-refractivity contribution in [1.29, 1.82) is 0 Å². The average Bonchev–Trinajstić information content (AvgIpc) is 3.55. The van der Waals surface area contributed by atoms with Gasteiger partial charge in [0.25, 0.3) is 0 Å². The number of hydrogen-bond acceptors (Lipinski definition) is 7. The molecule has 13 nitrogen and oxygen atoms in total. The van der Waals surface area contributed by atoms with Crippen LogP contribution < -0.4 is 10.6 Å². The number of aromatic nitrogens is 3. The molecule has 4 aromatic rings. The number of H-pyrrole nitrogens is 1. The molecule has 2 unspecified atom stereocenters. The Balaban J connectivity index is 1.25. The highest BCUT2D eigenvalue weighted by molar-refractivity contribution is 5.95. The number of nitrogens with zero attached hydrogens (tertiary/aromatic N) is 4. The second kappa shape index (κ2) is 16.2. The summed E-state index contributed by atoms with van der Waals surface area (Å²) in [7, 11) is 0. The van der Waals surface area contributed by atoms with Gasteiger partial charge in [0, 0.05) is 42.4 Å². The fraction of sp³-hybridized carbons (Fsp3) is 0.568. The van der Waals surface area contributed by atoms with Crippen LogP contribution in [-0.4, -0.2) is 109 Å². The van der Waals surface area contributed by atoms with Gasteiger partial charge in [-0.15, -0.1) is 0 Å². The first-order chi connectivity index (χ1) is 28.6. The third kappa shape index (κ3) is 9.15. The van der Waals surface area contributed by atoms with E-state index in [9.17, 15) is 28.0 Å². The van der Waals surface area contributed by atoms with Crippen molar-refractivity contribution in [3.8, 4) is 11.5 Å². The van der Waals surface area contributed by atoms with Crippen LogP contribution >= 0.6 is 0 Å². The van der Waals surface area contributed by atoms with E-state index in [1.165, 1.54) is 40.1 Å². The molecule has 4 heterocycles. The summed E-state index contributed by atoms with van der Waals surface area (Å²) in [6.07, 6.45) is -3.66. The molecular weight excluding hydrogens is 799 g/mol. The van der Waals surface area contributed by atoms with Crippen molar-refractivity contribution in [2.24, 2.45) is 5.92 Å². The van der Waals surface area contributed by atoms with Gasteiger partial charge < -0.3 is 39.5 Å². The van der Waals surface area contributed by atoms with E-state index >= 15 is 8.78 Å². The monoisotopic (exact) mass is 853 g/mol. The zero-order chi connectivity index (χ0) is 44.3. The minimum atomic E-state index is -1.38. The summed E-state index contributed by atoms with van der Waals surface area (Å²) in [4.78, 5) is 65.0. The van der Waals surface area contributed by atoms with Crippen molar-refractivity contribution in [3.05, 3.63) is 53.6 Å². The normalized spacial score (nSPS) is 24.6. The van der Waals surface area contributed by atoms with Crippen molar-refractivity contribution < 1.29 is 46.2 Å². The molecule has 1 saturated carbocycles. The second-order valence-corrected chi connectivity index (χ2v) is 18.8. The Kier molecular flexibility index (Phi) is 11.6. The SMILES string of the molecule is CC[C@H](NC(=O)OC(C)(C)C)C(=O)N1C[C@@H](F)C[C@H]1Cn1c(-c2[nH]c3cc(F)ccc3c2C[C@@H]2C[C@H](F)CN2C(=O)C2(NC(=O)OC(C)(C)C)CC2C)nc2cc(F)ccc21. The van der Waals surface area contributed by atoms with Crippen LogP contribution in [0.15, 0.2) is 36.4 Å². The van der Waals surface area contributed by atoms with E-state index in [1.54, 1.807) is 59.1 Å². The van der Waals surface area contributed by atoms with Crippen LogP contribution in [0.5, 0.6) is 0 Å². The Hall–Kier alpha value is -5.35. The molecule has 61 heavy (non-hydrogen) atoms. The number of likely N-dealkylation sites (tertiary alicyclic amines) is 2. The number of imidazole rings is 1. The number of alkyl halides is 2. The summed E-state index contributed by atoms with van der Waals surface area (Å²) >= 11 is 0. The highest BCUT2D eigenvalue weighted by Crippen LogP contribution is 2.47. The number of ether oxygens (including phenoxy) is 2. The Morgan fingerprint density at radius 1 is 0.902 bits per heavy atom. The van der Waals surface area contributed by atoms with Gasteiger partial charge in [0.2, 0.25) is 11.8 Å². The summed E-state index contributed by atoms with van der Waals surface area (Å²) in [5.74, 6) is -1.96. The molecule has 4 amide bonds. The molecule has 1 aliphatic carbocycles. The van der Waals surface area contributed by atoms with Crippen molar-refractivity contribution in [3.63, 3.8) is 0 Å². The molecule has 3 aliphatic rings. The third-order valence-electron chi connectivity index (χ3n) is 11.7. The van der Waals surface area contributed by atoms with Crippen molar-refractivity contribution in [2.45, 2.75) is 141 Å². The van der Waals surface area contributed by atoms with Crippen LogP contribution in [0, 0.1) is 17.6 Å². The van der Waals surface area contributed by atoms with E-state index in [-0.39, 0.29) is 62.6 Å². The van der Waals surface area contributed by atoms with Gasteiger partial charge in [0.05, 0.1) is 35.9 Å². The van der Waals surface area contributed by atoms with Crippen molar-refractivity contribution in [1.82, 2.24) is 35.0 Å². The topological polar surface area (TPSA) is 151 Å². The van der Waals surface area contributed by atoms with E-state index in [1.807, 2.05) is 6.92 Å². The van der Waals surface area contributed by atoms with Gasteiger partial charge in [-0.2, -0.15) is 0 Å². The van der Waals surface area contributed by atoms with Crippen molar-refractivity contribution in [2.75, 3.05) is 13.1 Å². The van der Waals surface area contributed by atoms with Crippen LogP contribution in [0.25, 0.3) is 33.5 Å². The van der Waals surface area contributed by atoms with E-state index in [2.05, 4.69) is 15.6 Å². The lowest BCUT2D eigenvalue weighted by Gasteiger charge is -2.31. The van der Waals surface area contributed by atoms with Gasteiger partial charge in [-0.3, -0.25) is 9.59 Å². The zero-order valence-corrected chi connectivity index (χ0v) is 35.8. The number of benzene rings is 2. The molecule has 0 spiro atoms. The molecule has 7 rings (SSSR count). The molecule has 3 N–H and O–H groups in total. The Morgan fingerprint density at radius 2 is 1.51 bits per heavy atom. The summed E-state index contributed by atoms with van der Waals surface area (Å²) in [6, 6.07) is 5.83. The molecule has 330 valence electrons. The molecule has 2 aromatic heterocycles. The smallest absolute Gasteiger partial charge is 0.408 e. The number of amides is 4. The fourth-order valence-electron chi connectivity index (χ4n) is 8.84. The van der Waals surface area contributed by atoms with Crippen LogP contribution in [0.3, 0.4) is 0 Å². The van der Waals surface area contributed by atoms with E-state index in [4.69, 9.17) is 14.5 Å². The first-order valence-electron chi connectivity index (χ1n) is 20.9. The summed E-state index contributed by atoms with van der Waals surface area (Å²) in [5.41, 5.74) is -0.801. The molecule has 2 aromatic carbocycles. The van der Waals surface area contributed by atoms with Gasteiger partial charge in [-0.05, 0) is 103 Å². The maximum absolute atomic E-state index is 15.5. The van der Waals surface area contributed by atoms with Crippen LogP contribution in [0.4, 0.5) is 27.2 Å². The molecule has 2 saturated heterocycles. The number of aromatic amines is 1. The minimum absolute atomic E-state index is 0.00695. The number of carbonyl (C=O) groups is 4. The lowest BCUT2D eigenvalue weighted by molar-refractivity contribution is -0.136. The molecule has 2 aliphatic heterocycles. The highest BCUT2D eigenvalue weighted by Gasteiger charge is 2.62. The van der Waals surface area contributed by atoms with Crippen molar-refractivity contribution >= 4 is 45.9 Å². The number of fused-ring (bicyclic) bond motifs is 2. The predicted octanol–water partition coefficient (Wildman–Crippen LogP) is 7.49. The van der Waals surface area contributed by atoms with Crippen LogP contribution in [0.1, 0.15) is 86.6 Å².